The maximum Gasteiger partial charge on any atom is 0.238 e. The van der Waals surface area contributed by atoms with Gasteiger partial charge in [-0.1, -0.05) is 6.07 Å². The van der Waals surface area contributed by atoms with E-state index in [0.29, 0.717) is 18.7 Å². The SMILES string of the molecule is CNS(=O)(=O)CCCN(C)CC(=O)Nc1cccc(F)c1. The number of carbonyl (C=O) groups is 1. The average Bonchev–Trinajstić information content (AvgIpc) is 2.38. The molecule has 0 aliphatic heterocycles. The van der Waals surface area contributed by atoms with Crippen molar-refractivity contribution in [2.24, 2.45) is 0 Å². The summed E-state index contributed by atoms with van der Waals surface area (Å²) in [6, 6.07) is 5.64. The Hall–Kier alpha value is -1.51. The molecule has 0 aromatic heterocycles. The van der Waals surface area contributed by atoms with Crippen molar-refractivity contribution in [2.45, 2.75) is 6.42 Å². The number of sulfonamides is 1. The third kappa shape index (κ3) is 7.16. The second kappa shape index (κ2) is 8.06. The molecule has 21 heavy (non-hydrogen) atoms. The van der Waals surface area contributed by atoms with Gasteiger partial charge in [0.15, 0.2) is 0 Å². The molecule has 0 saturated carbocycles. The third-order valence-corrected chi connectivity index (χ3v) is 4.23. The Kier molecular flexibility index (Phi) is 6.73. The number of hydrogen-bond acceptors (Lipinski definition) is 4. The highest BCUT2D eigenvalue weighted by Crippen LogP contribution is 2.08. The first kappa shape index (κ1) is 17.5. The fraction of sp³-hybridized carbons (Fsp3) is 0.462. The van der Waals surface area contributed by atoms with Gasteiger partial charge < -0.3 is 5.32 Å². The molecule has 0 unspecified atom stereocenters. The maximum absolute atomic E-state index is 13.0. The summed E-state index contributed by atoms with van der Waals surface area (Å²) < 4.78 is 37.7. The molecule has 0 aliphatic carbocycles. The van der Waals surface area contributed by atoms with Crippen molar-refractivity contribution in [3.05, 3.63) is 30.1 Å². The molecule has 0 atom stereocenters. The predicted octanol–water partition coefficient (Wildman–Crippen LogP) is 0.635. The van der Waals surface area contributed by atoms with Crippen LogP contribution >= 0.6 is 0 Å². The first-order valence-corrected chi connectivity index (χ1v) is 8.13. The zero-order valence-corrected chi connectivity index (χ0v) is 12.9. The van der Waals surface area contributed by atoms with Gasteiger partial charge in [-0.25, -0.2) is 17.5 Å². The minimum atomic E-state index is -3.22. The molecule has 2 N–H and O–H groups in total. The molecule has 1 amide bonds. The van der Waals surface area contributed by atoms with Gasteiger partial charge in [-0.05, 0) is 45.3 Å². The summed E-state index contributed by atoms with van der Waals surface area (Å²) in [7, 11) is -0.130. The number of benzene rings is 1. The van der Waals surface area contributed by atoms with Crippen molar-refractivity contribution < 1.29 is 17.6 Å². The molecule has 0 spiro atoms. The number of nitrogens with zero attached hydrogens (tertiary/aromatic N) is 1. The summed E-state index contributed by atoms with van der Waals surface area (Å²) in [6.07, 6.45) is 0.424. The van der Waals surface area contributed by atoms with E-state index in [0.717, 1.165) is 0 Å². The fourth-order valence-electron chi connectivity index (χ4n) is 1.72. The lowest BCUT2D eigenvalue weighted by atomic mass is 10.3. The van der Waals surface area contributed by atoms with Crippen molar-refractivity contribution in [1.29, 1.82) is 0 Å². The molecular formula is C13H20FN3O3S. The van der Waals surface area contributed by atoms with Crippen LogP contribution in [0, 0.1) is 5.82 Å². The summed E-state index contributed by atoms with van der Waals surface area (Å²) in [5, 5.41) is 2.58. The number of amides is 1. The number of anilines is 1. The van der Waals surface area contributed by atoms with E-state index in [9.17, 15) is 17.6 Å². The number of halogens is 1. The molecule has 1 aromatic rings. The molecule has 0 fully saturated rings. The molecule has 8 heteroatoms. The molecule has 1 aromatic carbocycles. The van der Waals surface area contributed by atoms with Gasteiger partial charge in [0, 0.05) is 5.69 Å². The Bertz CT molecular complexity index is 578. The largest absolute Gasteiger partial charge is 0.325 e. The molecule has 0 heterocycles. The Morgan fingerprint density at radius 2 is 2.10 bits per heavy atom. The molecule has 0 saturated heterocycles. The van der Waals surface area contributed by atoms with Gasteiger partial charge >= 0.3 is 0 Å². The molecule has 118 valence electrons. The second-order valence-corrected chi connectivity index (χ2v) is 6.72. The number of nitrogens with one attached hydrogen (secondary N) is 2. The quantitative estimate of drug-likeness (QED) is 0.737. The number of rotatable bonds is 8. The molecule has 0 aliphatic rings. The van der Waals surface area contributed by atoms with Crippen LogP contribution in [0.5, 0.6) is 0 Å². The first-order valence-electron chi connectivity index (χ1n) is 6.47. The van der Waals surface area contributed by atoms with E-state index in [4.69, 9.17) is 0 Å². The summed E-state index contributed by atoms with van der Waals surface area (Å²) >= 11 is 0. The summed E-state index contributed by atoms with van der Waals surface area (Å²) in [4.78, 5) is 13.5. The number of likely N-dealkylation sites (N-methyl/N-ethyl adjacent to an activating group) is 1. The van der Waals surface area contributed by atoms with Gasteiger partial charge in [-0.15, -0.1) is 0 Å². The van der Waals surface area contributed by atoms with E-state index in [-0.39, 0.29) is 18.2 Å². The molecule has 0 radical (unpaired) electrons. The number of hydrogen-bond donors (Lipinski definition) is 2. The van der Waals surface area contributed by atoms with Crippen molar-refractivity contribution in [3.63, 3.8) is 0 Å². The van der Waals surface area contributed by atoms with E-state index >= 15 is 0 Å². The Labute approximate surface area is 124 Å². The van der Waals surface area contributed by atoms with Crippen LogP contribution in [-0.2, 0) is 14.8 Å². The van der Waals surface area contributed by atoms with Gasteiger partial charge in [0.25, 0.3) is 0 Å². The van der Waals surface area contributed by atoms with Crippen molar-refractivity contribution in [1.82, 2.24) is 9.62 Å². The minimum absolute atomic E-state index is 0.0132. The third-order valence-electron chi connectivity index (χ3n) is 2.79. The summed E-state index contributed by atoms with van der Waals surface area (Å²) in [5.41, 5.74) is 0.395. The van der Waals surface area contributed by atoms with Gasteiger partial charge in [0.05, 0.1) is 12.3 Å². The lowest BCUT2D eigenvalue weighted by Gasteiger charge is -2.16. The maximum atomic E-state index is 13.0. The fourth-order valence-corrected chi connectivity index (χ4v) is 2.43. The van der Waals surface area contributed by atoms with Crippen LogP contribution in [0.1, 0.15) is 6.42 Å². The second-order valence-electron chi connectivity index (χ2n) is 4.67. The van der Waals surface area contributed by atoms with Crippen LogP contribution in [0.4, 0.5) is 10.1 Å². The van der Waals surface area contributed by atoms with E-state index in [1.807, 2.05) is 0 Å². The van der Waals surface area contributed by atoms with Crippen LogP contribution in [0.3, 0.4) is 0 Å². The van der Waals surface area contributed by atoms with Crippen molar-refractivity contribution >= 4 is 21.6 Å². The lowest BCUT2D eigenvalue weighted by Crippen LogP contribution is -2.32. The molecular weight excluding hydrogens is 297 g/mol. The standard InChI is InChI=1S/C13H20FN3O3S/c1-15-21(19,20)8-4-7-17(2)10-13(18)16-12-6-3-5-11(14)9-12/h3,5-6,9,15H,4,7-8,10H2,1-2H3,(H,16,18). The van der Waals surface area contributed by atoms with E-state index in [1.54, 1.807) is 18.0 Å². The Balaban J connectivity index is 2.34. The summed E-state index contributed by atoms with van der Waals surface area (Å²) in [5.74, 6) is -0.683. The highest BCUT2D eigenvalue weighted by molar-refractivity contribution is 7.89. The van der Waals surface area contributed by atoms with Gasteiger partial charge in [0.2, 0.25) is 15.9 Å². The highest BCUT2D eigenvalue weighted by Gasteiger charge is 2.10. The minimum Gasteiger partial charge on any atom is -0.325 e. The van der Waals surface area contributed by atoms with Crippen molar-refractivity contribution in [2.75, 3.05) is 38.3 Å². The van der Waals surface area contributed by atoms with Gasteiger partial charge in [-0.3, -0.25) is 9.69 Å². The zero-order valence-electron chi connectivity index (χ0n) is 12.1. The Morgan fingerprint density at radius 1 is 1.38 bits per heavy atom. The van der Waals surface area contributed by atoms with E-state index < -0.39 is 15.8 Å². The van der Waals surface area contributed by atoms with Gasteiger partial charge in [-0.2, -0.15) is 0 Å². The van der Waals surface area contributed by atoms with Crippen LogP contribution in [0.25, 0.3) is 0 Å². The molecule has 1 rings (SSSR count). The van der Waals surface area contributed by atoms with E-state index in [2.05, 4.69) is 10.0 Å². The average molecular weight is 317 g/mol. The predicted molar refractivity (Wildman–Crippen MR) is 80.0 cm³/mol. The molecule has 0 bridgehead atoms. The zero-order chi connectivity index (χ0) is 15.9. The first-order chi connectivity index (χ1) is 9.82. The van der Waals surface area contributed by atoms with Crippen LogP contribution in [0.2, 0.25) is 0 Å². The van der Waals surface area contributed by atoms with Crippen LogP contribution in [0.15, 0.2) is 24.3 Å². The Morgan fingerprint density at radius 3 is 2.71 bits per heavy atom. The summed E-state index contributed by atoms with van der Waals surface area (Å²) in [6.45, 7) is 0.577. The lowest BCUT2D eigenvalue weighted by molar-refractivity contribution is -0.117. The molecule has 6 nitrogen and oxygen atoms in total. The highest BCUT2D eigenvalue weighted by atomic mass is 32.2. The monoisotopic (exact) mass is 317 g/mol. The van der Waals surface area contributed by atoms with Crippen molar-refractivity contribution in [3.8, 4) is 0 Å². The van der Waals surface area contributed by atoms with E-state index in [1.165, 1.54) is 25.2 Å². The van der Waals surface area contributed by atoms with Crippen LogP contribution in [-0.4, -0.2) is 52.2 Å². The topological polar surface area (TPSA) is 78.5 Å². The normalized spacial score (nSPS) is 11.6. The smallest absolute Gasteiger partial charge is 0.238 e. The van der Waals surface area contributed by atoms with Gasteiger partial charge in [0.1, 0.15) is 5.82 Å². The van der Waals surface area contributed by atoms with Crippen LogP contribution < -0.4 is 10.0 Å². The number of carbonyl (C=O) groups excluding carboxylic acids is 1.